The number of Topliss-reactive ketones (excluding diaryl/α,β-unsaturated/α-hetero) is 2. The standard InChI is InChI=1S/C30H35FN4O4S.C24H26FN5O2S.C21H30FN3O3S/c1-18-12-20(16-32)17-33-27(18)23(36)14-19-8-9-22(31)21(13-19)30(7)25-10-11-34-40(25,38)29(5,6)24(35-30)15-26(37)39-28(2,3)4;1-14-9-16(12-26)13-28-21(14)19(31)11-15-5-6-18(25)17(10-15)24(4)20-7-8-29-33(20,32)23(2,3)22(27)30-24;1-19(2,3)28-18(26)12-16-20(4,5)29(27)17(9-10-24-29)21(6,25-16)14-11-13(23)7-8-15(14)22/h8-9,12-13,17,25H,10-11,14-15H2,1-7H3;5-6,9-10,13,20H,7-8,11H2,1-4H3,(H2,27,30);7-8,11,17H,9-10,12,23H2,1-6H3/t25-,30+,40+;20-,24+,33+;17-,21+,29+/m000/s1. The van der Waals surface area contributed by atoms with Gasteiger partial charge in [0.1, 0.15) is 79.4 Å². The molecule has 11 rings (SSSR count). The van der Waals surface area contributed by atoms with Gasteiger partial charge in [-0.15, -0.1) is 0 Å². The lowest BCUT2D eigenvalue weighted by atomic mass is 9.84. The Balaban J connectivity index is 0.000000180. The summed E-state index contributed by atoms with van der Waals surface area (Å²) in [5.41, 5.74) is 12.7. The lowest BCUT2D eigenvalue weighted by Gasteiger charge is -2.46. The number of benzene rings is 3. The van der Waals surface area contributed by atoms with Crippen LogP contribution < -0.4 is 11.5 Å². The molecule has 0 amide bonds. The number of ether oxygens (including phenoxy) is 2. The first-order valence-electron chi connectivity index (χ1n) is 33.7. The van der Waals surface area contributed by atoms with E-state index in [9.17, 15) is 36.2 Å². The minimum Gasteiger partial charge on any atom is -0.460 e. The summed E-state index contributed by atoms with van der Waals surface area (Å²) in [6, 6.07) is 20.4. The normalized spacial score (nSPS) is 27.7. The molecule has 0 saturated carbocycles. The highest BCUT2D eigenvalue weighted by atomic mass is 32.2. The quantitative estimate of drug-likeness (QED) is 0.0628. The van der Waals surface area contributed by atoms with E-state index >= 15 is 8.78 Å². The Labute approximate surface area is 597 Å². The van der Waals surface area contributed by atoms with Crippen molar-refractivity contribution in [3.05, 3.63) is 158 Å². The summed E-state index contributed by atoms with van der Waals surface area (Å²) in [7, 11) is -8.57. The van der Waals surface area contributed by atoms with Gasteiger partial charge in [-0.3, -0.25) is 44.1 Å². The number of fused-ring (bicyclic) bond motifs is 3. The maximum absolute atomic E-state index is 15.6. The Morgan fingerprint density at radius 1 is 0.510 bits per heavy atom. The molecule has 0 fully saturated rings. The van der Waals surface area contributed by atoms with Gasteiger partial charge < -0.3 is 20.9 Å². The van der Waals surface area contributed by atoms with E-state index in [1.54, 1.807) is 154 Å². The lowest BCUT2D eigenvalue weighted by Crippen LogP contribution is -2.58. The number of halogens is 3. The monoisotopic (exact) mass is 1460 g/mol. The molecule has 0 unspecified atom stereocenters. The van der Waals surface area contributed by atoms with Crippen molar-refractivity contribution in [1.29, 1.82) is 10.5 Å². The zero-order valence-electron chi connectivity index (χ0n) is 61.0. The second-order valence-electron chi connectivity index (χ2n) is 30.8. The molecule has 6 aliphatic heterocycles. The largest absolute Gasteiger partial charge is 0.460 e. The smallest absolute Gasteiger partial charge is 0.312 e. The third-order valence-electron chi connectivity index (χ3n) is 20.2. The van der Waals surface area contributed by atoms with Gasteiger partial charge in [0.2, 0.25) is 0 Å². The van der Waals surface area contributed by atoms with Crippen LogP contribution in [0, 0.1) is 54.0 Å². The van der Waals surface area contributed by atoms with E-state index < -0.39 is 116 Å². The zero-order valence-corrected chi connectivity index (χ0v) is 63.4. The van der Waals surface area contributed by atoms with E-state index in [1.165, 1.54) is 42.7 Å². The zero-order chi connectivity index (χ0) is 75.7. The van der Waals surface area contributed by atoms with Crippen molar-refractivity contribution in [2.24, 2.45) is 33.8 Å². The number of ketones is 2. The molecule has 0 saturated heterocycles. The first-order chi connectivity index (χ1) is 47.2. The van der Waals surface area contributed by atoms with Crippen molar-refractivity contribution >= 4 is 75.6 Å². The molecule has 9 atom stereocenters. The van der Waals surface area contributed by atoms with Crippen molar-refractivity contribution in [3.63, 3.8) is 0 Å². The predicted molar refractivity (Wildman–Crippen MR) is 390 cm³/mol. The third-order valence-corrected chi connectivity index (χ3v) is 31.3. The number of nitrogens with two attached hydrogens (primary N) is 2. The fraction of sp³-hybridized carbons (Fsp3) is 0.507. The number of pyridine rings is 2. The molecule has 27 heteroatoms. The van der Waals surface area contributed by atoms with Crippen LogP contribution in [-0.4, -0.2) is 124 Å². The highest BCUT2D eigenvalue weighted by molar-refractivity contribution is 7.97. The summed E-state index contributed by atoms with van der Waals surface area (Å²) in [4.78, 5) is 74.3. The molecule has 21 nitrogen and oxygen atoms in total. The number of carbonyl (C=O) groups is 4. The summed E-state index contributed by atoms with van der Waals surface area (Å²) in [6.45, 7) is 31.2. The molecular formula is C75H91F3N12O9S3. The summed E-state index contributed by atoms with van der Waals surface area (Å²) in [5.74, 6) is -2.79. The van der Waals surface area contributed by atoms with Crippen LogP contribution in [0.5, 0.6) is 0 Å². The summed E-state index contributed by atoms with van der Waals surface area (Å²) < 4.78 is 110. The minimum atomic E-state index is -2.96. The molecule has 5 aromatic rings. The Hall–Kier alpha value is -8.53. The highest BCUT2D eigenvalue weighted by Gasteiger charge is 2.60. The average molecular weight is 1460 g/mol. The van der Waals surface area contributed by atoms with Gasteiger partial charge in [-0.05, 0) is 214 Å². The second kappa shape index (κ2) is 27.6. The molecule has 2 aromatic heterocycles. The Morgan fingerprint density at radius 3 is 1.19 bits per heavy atom. The number of amidine groups is 1. The summed E-state index contributed by atoms with van der Waals surface area (Å²) in [5, 5.41) is 16.6. The van der Waals surface area contributed by atoms with Crippen molar-refractivity contribution in [2.75, 3.05) is 25.4 Å². The van der Waals surface area contributed by atoms with Crippen molar-refractivity contribution < 1.29 is 54.4 Å². The molecule has 8 heterocycles. The average Bonchev–Trinajstić information content (AvgIpc) is 1.38. The maximum Gasteiger partial charge on any atom is 0.312 e. The predicted octanol–water partition coefficient (Wildman–Crippen LogP) is 12.5. The minimum absolute atomic E-state index is 0.00178. The number of nitrogen functional groups attached to an aromatic ring is 1. The molecule has 544 valence electrons. The lowest BCUT2D eigenvalue weighted by molar-refractivity contribution is -0.154. The van der Waals surface area contributed by atoms with Gasteiger partial charge >= 0.3 is 11.9 Å². The SMILES string of the molecule is CC(C)(C)OC(=O)CC1=N[C@](C)(c2cc(N)ccc2F)[C@@H]2CCN=[S@]2(=O)C1(C)C.Cc1cc(C#N)cnc1C(=O)Cc1ccc(F)c([C@@]2(C)N=C(CC(=O)OC(C)(C)C)C(C)(C)[S@@]3(=O)=NCC[C@@H]23)c1.Cc1cc(C#N)cnc1C(=O)Cc1ccc(F)c([C@@]2(C)N=C(N)C(C)(C)[S@@]3(=O)=NCC[C@@H]23)c1. The van der Waals surface area contributed by atoms with E-state index in [4.69, 9.17) is 41.4 Å². The molecule has 0 radical (unpaired) electrons. The van der Waals surface area contributed by atoms with Gasteiger partial charge in [0.05, 0.1) is 78.4 Å². The number of aliphatic imine (C=N–C) groups is 3. The Bertz CT molecular complexity index is 4910. The van der Waals surface area contributed by atoms with Crippen LogP contribution >= 0.6 is 0 Å². The van der Waals surface area contributed by atoms with Gasteiger partial charge in [0, 0.05) is 78.7 Å². The van der Waals surface area contributed by atoms with Crippen LogP contribution in [0.25, 0.3) is 0 Å². The summed E-state index contributed by atoms with van der Waals surface area (Å²) >= 11 is 0. The Morgan fingerprint density at radius 2 is 0.843 bits per heavy atom. The molecule has 0 aliphatic carbocycles. The van der Waals surface area contributed by atoms with Gasteiger partial charge in [-0.1, -0.05) is 12.1 Å². The van der Waals surface area contributed by atoms with Crippen LogP contribution in [0.1, 0.15) is 207 Å². The highest BCUT2D eigenvalue weighted by Crippen LogP contribution is 2.52. The molecule has 0 spiro atoms. The number of rotatable bonds is 13. The van der Waals surface area contributed by atoms with Crippen molar-refractivity contribution in [2.45, 2.75) is 220 Å². The number of hydrogen-bond donors (Lipinski definition) is 2. The van der Waals surface area contributed by atoms with Crippen molar-refractivity contribution in [1.82, 2.24) is 9.97 Å². The van der Waals surface area contributed by atoms with E-state index in [2.05, 4.69) is 28.0 Å². The van der Waals surface area contributed by atoms with Gasteiger partial charge in [-0.2, -0.15) is 10.5 Å². The number of hydrogen-bond acceptors (Lipinski definition) is 21. The number of anilines is 1. The van der Waals surface area contributed by atoms with Crippen LogP contribution in [0.2, 0.25) is 0 Å². The number of aromatic nitrogens is 2. The first-order valence-corrected chi connectivity index (χ1v) is 38.4. The van der Waals surface area contributed by atoms with E-state index in [-0.39, 0.29) is 71.2 Å². The molecule has 3 aromatic carbocycles. The number of nitriles is 2. The molecular weight excluding hydrogens is 1370 g/mol. The van der Waals surface area contributed by atoms with Gasteiger partial charge in [0.15, 0.2) is 11.6 Å². The fourth-order valence-corrected chi connectivity index (χ4v) is 24.3. The Kier molecular flexibility index (Phi) is 21.0. The maximum atomic E-state index is 15.6. The summed E-state index contributed by atoms with van der Waals surface area (Å²) in [6.07, 6.45) is 3.86. The van der Waals surface area contributed by atoms with Gasteiger partial charge in [0.25, 0.3) is 0 Å². The molecule has 6 aliphatic rings. The topological polar surface area (TPSA) is 338 Å². The van der Waals surface area contributed by atoms with Gasteiger partial charge in [-0.25, -0.2) is 38.9 Å². The van der Waals surface area contributed by atoms with E-state index in [0.29, 0.717) is 89.4 Å². The number of aryl methyl sites for hydroxylation is 2. The van der Waals surface area contributed by atoms with Crippen LogP contribution in [0.3, 0.4) is 0 Å². The van der Waals surface area contributed by atoms with Crippen LogP contribution in [0.4, 0.5) is 18.9 Å². The van der Waals surface area contributed by atoms with Crippen LogP contribution in [-0.2, 0) is 77.7 Å². The number of esters is 2. The molecule has 102 heavy (non-hydrogen) atoms. The van der Waals surface area contributed by atoms with E-state index in [1.807, 2.05) is 12.1 Å². The van der Waals surface area contributed by atoms with Crippen molar-refractivity contribution in [3.8, 4) is 12.1 Å². The fourth-order valence-electron chi connectivity index (χ4n) is 14.6. The third kappa shape index (κ3) is 14.2. The number of nitrogens with zero attached hydrogens (tertiary/aromatic N) is 10. The second-order valence-corrected chi connectivity index (χ2v) is 39.7. The van der Waals surface area contributed by atoms with Crippen LogP contribution in [0.15, 0.2) is 107 Å². The molecule has 0 bridgehead atoms. The molecule has 4 N–H and O–H groups in total. The number of carbonyl (C=O) groups excluding carboxylic acids is 4. The first kappa shape index (κ1) is 77.6. The van der Waals surface area contributed by atoms with E-state index in [0.717, 1.165) is 0 Å².